The number of nitrogens with one attached hydrogen (secondary N) is 1. The molecule has 0 bridgehead atoms. The lowest BCUT2D eigenvalue weighted by Crippen LogP contribution is -2.34. The summed E-state index contributed by atoms with van der Waals surface area (Å²) in [6.45, 7) is 4.93. The number of rotatable bonds is 4. The van der Waals surface area contributed by atoms with Crippen LogP contribution in [0.2, 0.25) is 0 Å². The molecule has 0 aliphatic rings. The normalized spacial score (nSPS) is 15.9. The number of aromatic nitrogens is 1. The Morgan fingerprint density at radius 3 is 2.50 bits per heavy atom. The maximum atomic E-state index is 12.2. The van der Waals surface area contributed by atoms with Crippen molar-refractivity contribution >= 4 is 0 Å². The molecule has 2 unspecified atom stereocenters. The van der Waals surface area contributed by atoms with Gasteiger partial charge in [0.1, 0.15) is 5.76 Å². The first-order chi connectivity index (χ1) is 6.50. The van der Waals surface area contributed by atoms with Crippen LogP contribution in [0.4, 0.5) is 8.78 Å². The Labute approximate surface area is 81.5 Å². The predicted octanol–water partition coefficient (Wildman–Crippen LogP) is 2.29. The second-order valence-electron chi connectivity index (χ2n) is 3.32. The van der Waals surface area contributed by atoms with Gasteiger partial charge in [-0.3, -0.25) is 5.32 Å². The summed E-state index contributed by atoms with van der Waals surface area (Å²) in [5.74, 6) is 1.12. The average Bonchev–Trinajstić information content (AvgIpc) is 2.51. The number of hydrogen-bond donors (Lipinski definition) is 1. The van der Waals surface area contributed by atoms with E-state index in [1.165, 1.54) is 6.92 Å². The summed E-state index contributed by atoms with van der Waals surface area (Å²) in [6.07, 6.45) is -0.811. The molecule has 5 heteroatoms. The van der Waals surface area contributed by atoms with Crippen LogP contribution in [0.25, 0.3) is 0 Å². The van der Waals surface area contributed by atoms with Crippen molar-refractivity contribution < 1.29 is 13.2 Å². The fourth-order valence-electron chi connectivity index (χ4n) is 1.11. The van der Waals surface area contributed by atoms with Crippen molar-refractivity contribution in [1.82, 2.24) is 10.3 Å². The van der Waals surface area contributed by atoms with Crippen molar-refractivity contribution in [2.24, 2.45) is 0 Å². The maximum absolute atomic E-state index is 12.2. The molecule has 0 radical (unpaired) electrons. The molecule has 3 nitrogen and oxygen atoms in total. The SMILES string of the molecule is Cc1cnc(C(C)NC(C)C(F)F)o1. The van der Waals surface area contributed by atoms with E-state index in [9.17, 15) is 8.78 Å². The molecule has 1 N–H and O–H groups in total. The fourth-order valence-corrected chi connectivity index (χ4v) is 1.11. The molecule has 0 amide bonds. The number of aryl methyl sites for hydroxylation is 1. The highest BCUT2D eigenvalue weighted by Gasteiger charge is 2.19. The molecule has 1 rings (SSSR count). The van der Waals surface area contributed by atoms with Crippen LogP contribution in [0.1, 0.15) is 31.5 Å². The van der Waals surface area contributed by atoms with Gasteiger partial charge < -0.3 is 4.42 Å². The Morgan fingerprint density at radius 2 is 2.07 bits per heavy atom. The van der Waals surface area contributed by atoms with Gasteiger partial charge in [-0.1, -0.05) is 0 Å². The van der Waals surface area contributed by atoms with Crippen LogP contribution in [0, 0.1) is 6.92 Å². The third-order valence-corrected chi connectivity index (χ3v) is 1.90. The van der Waals surface area contributed by atoms with Gasteiger partial charge in [-0.15, -0.1) is 0 Å². The first kappa shape index (κ1) is 11.1. The summed E-state index contributed by atoms with van der Waals surface area (Å²) in [5, 5.41) is 2.70. The number of hydrogen-bond acceptors (Lipinski definition) is 3. The summed E-state index contributed by atoms with van der Waals surface area (Å²) in [7, 11) is 0. The van der Waals surface area contributed by atoms with Gasteiger partial charge >= 0.3 is 0 Å². The van der Waals surface area contributed by atoms with Crippen molar-refractivity contribution in [1.29, 1.82) is 0 Å². The molecule has 1 aromatic heterocycles. The number of halogens is 2. The van der Waals surface area contributed by atoms with Crippen LogP contribution in [0.15, 0.2) is 10.6 Å². The van der Waals surface area contributed by atoms with Gasteiger partial charge in [0.25, 0.3) is 6.43 Å². The molecular formula is C9H14F2N2O. The number of alkyl halides is 2. The molecular weight excluding hydrogens is 190 g/mol. The minimum absolute atomic E-state index is 0.298. The van der Waals surface area contributed by atoms with Gasteiger partial charge in [0, 0.05) is 0 Å². The quantitative estimate of drug-likeness (QED) is 0.817. The summed E-state index contributed by atoms with van der Waals surface area (Å²) < 4.78 is 29.6. The lowest BCUT2D eigenvalue weighted by molar-refractivity contribution is 0.0989. The first-order valence-electron chi connectivity index (χ1n) is 4.47. The Bertz CT molecular complexity index is 288. The molecule has 0 aromatic carbocycles. The Balaban J connectivity index is 2.54. The second-order valence-corrected chi connectivity index (χ2v) is 3.32. The summed E-state index contributed by atoms with van der Waals surface area (Å²) >= 11 is 0. The average molecular weight is 204 g/mol. The summed E-state index contributed by atoms with van der Waals surface area (Å²) in [4.78, 5) is 3.95. The summed E-state index contributed by atoms with van der Waals surface area (Å²) in [5.41, 5.74) is 0. The zero-order valence-corrected chi connectivity index (χ0v) is 8.42. The summed E-state index contributed by atoms with van der Waals surface area (Å²) in [6, 6.07) is -1.16. The minimum Gasteiger partial charge on any atom is -0.444 e. The predicted molar refractivity (Wildman–Crippen MR) is 48.3 cm³/mol. The third-order valence-electron chi connectivity index (χ3n) is 1.90. The van der Waals surface area contributed by atoms with Gasteiger partial charge in [0.05, 0.1) is 18.3 Å². The number of nitrogens with zero attached hydrogens (tertiary/aromatic N) is 1. The molecule has 80 valence electrons. The van der Waals surface area contributed by atoms with Crippen LogP contribution < -0.4 is 5.32 Å². The highest BCUT2D eigenvalue weighted by atomic mass is 19.3. The molecule has 2 atom stereocenters. The molecule has 0 aliphatic carbocycles. The van der Waals surface area contributed by atoms with E-state index in [2.05, 4.69) is 10.3 Å². The van der Waals surface area contributed by atoms with Gasteiger partial charge in [0.15, 0.2) is 0 Å². The zero-order valence-electron chi connectivity index (χ0n) is 8.42. The van der Waals surface area contributed by atoms with Crippen LogP contribution in [0.3, 0.4) is 0 Å². The van der Waals surface area contributed by atoms with E-state index in [0.717, 1.165) is 0 Å². The number of oxazole rings is 1. The first-order valence-corrected chi connectivity index (χ1v) is 4.47. The van der Waals surface area contributed by atoms with E-state index in [1.807, 2.05) is 0 Å². The van der Waals surface area contributed by atoms with Crippen molar-refractivity contribution in [2.75, 3.05) is 0 Å². The topological polar surface area (TPSA) is 38.1 Å². The van der Waals surface area contributed by atoms with E-state index >= 15 is 0 Å². The van der Waals surface area contributed by atoms with Crippen LogP contribution >= 0.6 is 0 Å². The lowest BCUT2D eigenvalue weighted by Gasteiger charge is -2.16. The van der Waals surface area contributed by atoms with Crippen LogP contribution in [-0.2, 0) is 0 Å². The highest BCUT2D eigenvalue weighted by Crippen LogP contribution is 2.14. The minimum atomic E-state index is -2.38. The Kier molecular flexibility index (Phi) is 3.57. The highest BCUT2D eigenvalue weighted by molar-refractivity contribution is 4.95. The van der Waals surface area contributed by atoms with Crippen molar-refractivity contribution in [3.63, 3.8) is 0 Å². The van der Waals surface area contributed by atoms with E-state index in [1.54, 1.807) is 20.0 Å². The third kappa shape index (κ3) is 2.77. The Morgan fingerprint density at radius 1 is 1.43 bits per heavy atom. The van der Waals surface area contributed by atoms with E-state index < -0.39 is 12.5 Å². The standard InChI is InChI=1S/C9H14F2N2O/c1-5-4-12-9(14-5)7(3)13-6(2)8(10)11/h4,6-8,13H,1-3H3. The molecule has 14 heavy (non-hydrogen) atoms. The second kappa shape index (κ2) is 4.50. The smallest absolute Gasteiger partial charge is 0.253 e. The molecule has 0 aliphatic heterocycles. The Hall–Kier alpha value is -0.970. The molecule has 0 saturated carbocycles. The van der Waals surface area contributed by atoms with Crippen molar-refractivity contribution in [3.05, 3.63) is 17.8 Å². The van der Waals surface area contributed by atoms with Gasteiger partial charge in [0.2, 0.25) is 5.89 Å². The fraction of sp³-hybridized carbons (Fsp3) is 0.667. The van der Waals surface area contributed by atoms with Gasteiger partial charge in [-0.2, -0.15) is 0 Å². The van der Waals surface area contributed by atoms with E-state index in [0.29, 0.717) is 11.7 Å². The van der Waals surface area contributed by atoms with Gasteiger partial charge in [-0.25, -0.2) is 13.8 Å². The van der Waals surface area contributed by atoms with Crippen molar-refractivity contribution in [2.45, 2.75) is 39.3 Å². The zero-order chi connectivity index (χ0) is 10.7. The van der Waals surface area contributed by atoms with Crippen LogP contribution in [-0.4, -0.2) is 17.5 Å². The monoisotopic (exact) mass is 204 g/mol. The van der Waals surface area contributed by atoms with Crippen molar-refractivity contribution in [3.8, 4) is 0 Å². The molecule has 1 heterocycles. The molecule has 1 aromatic rings. The van der Waals surface area contributed by atoms with E-state index in [4.69, 9.17) is 4.42 Å². The maximum Gasteiger partial charge on any atom is 0.253 e. The molecule has 0 fully saturated rings. The largest absolute Gasteiger partial charge is 0.444 e. The van der Waals surface area contributed by atoms with Gasteiger partial charge in [-0.05, 0) is 20.8 Å². The molecule has 0 saturated heterocycles. The van der Waals surface area contributed by atoms with Crippen LogP contribution in [0.5, 0.6) is 0 Å². The molecule has 0 spiro atoms. The lowest BCUT2D eigenvalue weighted by atomic mass is 10.2. The van der Waals surface area contributed by atoms with E-state index in [-0.39, 0.29) is 6.04 Å².